The summed E-state index contributed by atoms with van der Waals surface area (Å²) >= 11 is 0. The van der Waals surface area contributed by atoms with Crippen molar-refractivity contribution in [1.82, 2.24) is 15.3 Å². The highest BCUT2D eigenvalue weighted by Crippen LogP contribution is 2.20. The minimum Gasteiger partial charge on any atom is -0.375 e. The number of carbonyl (C=O) groups is 1. The van der Waals surface area contributed by atoms with Crippen LogP contribution in [-0.2, 0) is 9.53 Å². The molecule has 1 aromatic heterocycles. The summed E-state index contributed by atoms with van der Waals surface area (Å²) in [7, 11) is 1.50. The van der Waals surface area contributed by atoms with Gasteiger partial charge >= 0.3 is 0 Å². The van der Waals surface area contributed by atoms with Gasteiger partial charge in [-0.1, -0.05) is 24.3 Å². The molecule has 0 aliphatic heterocycles. The first-order chi connectivity index (χ1) is 9.70. The van der Waals surface area contributed by atoms with E-state index in [-0.39, 0.29) is 18.6 Å². The van der Waals surface area contributed by atoms with Gasteiger partial charge in [0.25, 0.3) is 0 Å². The summed E-state index contributed by atoms with van der Waals surface area (Å²) < 4.78 is 4.79. The first kappa shape index (κ1) is 14.1. The molecule has 2 aromatic rings. The number of carbonyl (C=O) groups excluding carboxylic acids is 1. The Bertz CT molecular complexity index is 555. The molecular weight excluding hydrogens is 254 g/mol. The molecule has 0 radical (unpaired) electrons. The second kappa shape index (κ2) is 6.77. The van der Waals surface area contributed by atoms with E-state index in [0.717, 1.165) is 16.7 Å². The van der Waals surface area contributed by atoms with Crippen molar-refractivity contribution in [2.45, 2.75) is 13.0 Å². The zero-order chi connectivity index (χ0) is 14.4. The van der Waals surface area contributed by atoms with E-state index in [9.17, 15) is 4.79 Å². The first-order valence-electron chi connectivity index (χ1n) is 6.34. The average Bonchev–Trinajstić information content (AvgIpc) is 2.48. The molecule has 20 heavy (non-hydrogen) atoms. The Morgan fingerprint density at radius 1 is 1.20 bits per heavy atom. The molecule has 0 bridgehead atoms. The highest BCUT2D eigenvalue weighted by atomic mass is 16.5. The lowest BCUT2D eigenvalue weighted by Crippen LogP contribution is -2.29. The predicted molar refractivity (Wildman–Crippen MR) is 75.9 cm³/mol. The molecule has 1 N–H and O–H groups in total. The van der Waals surface area contributed by atoms with Crippen LogP contribution in [0, 0.1) is 0 Å². The number of nitrogens with one attached hydrogen (secondary N) is 1. The molecule has 1 heterocycles. The van der Waals surface area contributed by atoms with Crippen LogP contribution in [0.1, 0.15) is 18.5 Å². The smallest absolute Gasteiger partial charge is 0.246 e. The fourth-order valence-corrected chi connectivity index (χ4v) is 1.91. The van der Waals surface area contributed by atoms with E-state index >= 15 is 0 Å². The lowest BCUT2D eigenvalue weighted by molar-refractivity contribution is -0.125. The Balaban J connectivity index is 2.06. The molecular formula is C15H17N3O2. The van der Waals surface area contributed by atoms with Gasteiger partial charge in [0.1, 0.15) is 12.9 Å². The standard InChI is InChI=1S/C15H17N3O2/c1-11(18-15(19)9-20-2)12-3-5-13(6-4-12)14-7-16-10-17-8-14/h3-8,10-11H,9H2,1-2H3,(H,18,19). The van der Waals surface area contributed by atoms with Crippen LogP contribution < -0.4 is 5.32 Å². The Kier molecular flexibility index (Phi) is 4.79. The van der Waals surface area contributed by atoms with Gasteiger partial charge < -0.3 is 10.1 Å². The summed E-state index contributed by atoms with van der Waals surface area (Å²) in [5, 5.41) is 2.87. The van der Waals surface area contributed by atoms with Gasteiger partial charge in [-0.2, -0.15) is 0 Å². The lowest BCUT2D eigenvalue weighted by atomic mass is 10.0. The van der Waals surface area contributed by atoms with Crippen molar-refractivity contribution >= 4 is 5.91 Å². The molecule has 104 valence electrons. The van der Waals surface area contributed by atoms with Crippen molar-refractivity contribution in [2.75, 3.05) is 13.7 Å². The van der Waals surface area contributed by atoms with E-state index in [2.05, 4.69) is 15.3 Å². The monoisotopic (exact) mass is 271 g/mol. The number of hydrogen-bond acceptors (Lipinski definition) is 4. The van der Waals surface area contributed by atoms with Crippen molar-refractivity contribution in [1.29, 1.82) is 0 Å². The Hall–Kier alpha value is -2.27. The fraction of sp³-hybridized carbons (Fsp3) is 0.267. The minimum absolute atomic E-state index is 0.0567. The van der Waals surface area contributed by atoms with Crippen LogP contribution in [0.5, 0.6) is 0 Å². The third kappa shape index (κ3) is 3.61. The van der Waals surface area contributed by atoms with Gasteiger partial charge in [-0.05, 0) is 18.1 Å². The molecule has 2 rings (SSSR count). The van der Waals surface area contributed by atoms with Gasteiger partial charge in [0.05, 0.1) is 6.04 Å². The highest BCUT2D eigenvalue weighted by Gasteiger charge is 2.09. The Labute approximate surface area is 118 Å². The summed E-state index contributed by atoms with van der Waals surface area (Å²) in [6.45, 7) is 2.01. The van der Waals surface area contributed by atoms with Gasteiger partial charge in [0.2, 0.25) is 5.91 Å². The normalized spacial score (nSPS) is 11.9. The average molecular weight is 271 g/mol. The lowest BCUT2D eigenvalue weighted by Gasteiger charge is -2.14. The van der Waals surface area contributed by atoms with Gasteiger partial charge in [0.15, 0.2) is 0 Å². The van der Waals surface area contributed by atoms with Crippen LogP contribution in [0.2, 0.25) is 0 Å². The summed E-state index contributed by atoms with van der Waals surface area (Å²) in [4.78, 5) is 19.5. The predicted octanol–water partition coefficient (Wildman–Crippen LogP) is 1.97. The van der Waals surface area contributed by atoms with E-state index in [1.54, 1.807) is 12.4 Å². The molecule has 0 spiro atoms. The van der Waals surface area contributed by atoms with Gasteiger partial charge in [-0.15, -0.1) is 0 Å². The molecule has 5 nitrogen and oxygen atoms in total. The Morgan fingerprint density at radius 3 is 2.45 bits per heavy atom. The maximum atomic E-state index is 11.5. The topological polar surface area (TPSA) is 64.1 Å². The third-order valence-corrected chi connectivity index (χ3v) is 2.96. The fourth-order valence-electron chi connectivity index (χ4n) is 1.91. The molecule has 0 saturated carbocycles. The summed E-state index contributed by atoms with van der Waals surface area (Å²) in [5.41, 5.74) is 3.05. The van der Waals surface area contributed by atoms with Crippen molar-refractivity contribution in [2.24, 2.45) is 0 Å². The first-order valence-corrected chi connectivity index (χ1v) is 6.34. The molecule has 5 heteroatoms. The van der Waals surface area contributed by atoms with Crippen LogP contribution in [0.15, 0.2) is 43.0 Å². The van der Waals surface area contributed by atoms with Gasteiger partial charge in [0, 0.05) is 25.1 Å². The molecule has 0 saturated heterocycles. The van der Waals surface area contributed by atoms with E-state index in [1.165, 1.54) is 13.4 Å². The Morgan fingerprint density at radius 2 is 1.85 bits per heavy atom. The molecule has 1 amide bonds. The molecule has 0 aliphatic rings. The number of methoxy groups -OCH3 is 1. The number of rotatable bonds is 5. The molecule has 0 fully saturated rings. The maximum Gasteiger partial charge on any atom is 0.246 e. The van der Waals surface area contributed by atoms with Crippen molar-refractivity contribution in [3.05, 3.63) is 48.5 Å². The van der Waals surface area contributed by atoms with Crippen LogP contribution in [0.4, 0.5) is 0 Å². The SMILES string of the molecule is COCC(=O)NC(C)c1ccc(-c2cncnc2)cc1. The van der Waals surface area contributed by atoms with E-state index < -0.39 is 0 Å². The second-order valence-electron chi connectivity index (χ2n) is 4.47. The number of hydrogen-bond donors (Lipinski definition) is 1. The summed E-state index contributed by atoms with van der Waals surface area (Å²) in [5.74, 6) is -0.125. The van der Waals surface area contributed by atoms with Gasteiger partial charge in [-0.25, -0.2) is 9.97 Å². The van der Waals surface area contributed by atoms with Crippen LogP contribution in [0.25, 0.3) is 11.1 Å². The van der Waals surface area contributed by atoms with Gasteiger partial charge in [-0.3, -0.25) is 4.79 Å². The molecule has 1 aromatic carbocycles. The largest absolute Gasteiger partial charge is 0.375 e. The quantitative estimate of drug-likeness (QED) is 0.903. The van der Waals surface area contributed by atoms with Crippen molar-refractivity contribution in [3.8, 4) is 11.1 Å². The second-order valence-corrected chi connectivity index (χ2v) is 4.47. The number of nitrogens with zero attached hydrogens (tertiary/aromatic N) is 2. The number of ether oxygens (including phenoxy) is 1. The highest BCUT2D eigenvalue weighted by molar-refractivity contribution is 5.77. The van der Waals surface area contributed by atoms with E-state index in [0.29, 0.717) is 0 Å². The third-order valence-electron chi connectivity index (χ3n) is 2.96. The van der Waals surface area contributed by atoms with Crippen molar-refractivity contribution in [3.63, 3.8) is 0 Å². The number of aromatic nitrogens is 2. The van der Waals surface area contributed by atoms with Crippen LogP contribution >= 0.6 is 0 Å². The number of benzene rings is 1. The zero-order valence-corrected chi connectivity index (χ0v) is 11.5. The van der Waals surface area contributed by atoms with E-state index in [1.807, 2.05) is 31.2 Å². The molecule has 0 aliphatic carbocycles. The summed E-state index contributed by atoms with van der Waals surface area (Å²) in [6, 6.07) is 7.90. The maximum absolute atomic E-state index is 11.5. The summed E-state index contributed by atoms with van der Waals surface area (Å²) in [6.07, 6.45) is 5.04. The van der Waals surface area contributed by atoms with Crippen LogP contribution in [-0.4, -0.2) is 29.6 Å². The molecule has 1 unspecified atom stereocenters. The molecule has 1 atom stereocenters. The van der Waals surface area contributed by atoms with Crippen molar-refractivity contribution < 1.29 is 9.53 Å². The minimum atomic E-state index is -0.125. The van der Waals surface area contributed by atoms with E-state index in [4.69, 9.17) is 4.74 Å². The zero-order valence-electron chi connectivity index (χ0n) is 11.5. The number of amides is 1. The van der Waals surface area contributed by atoms with Crippen LogP contribution in [0.3, 0.4) is 0 Å².